The van der Waals surface area contributed by atoms with E-state index in [2.05, 4.69) is 0 Å². The zero-order valence-corrected chi connectivity index (χ0v) is 14.3. The van der Waals surface area contributed by atoms with Crippen LogP contribution in [0.5, 0.6) is 28.7 Å². The number of hydrogen-bond acceptors (Lipinski definition) is 6. The lowest BCUT2D eigenvalue weighted by molar-refractivity contribution is 0.112. The summed E-state index contributed by atoms with van der Waals surface area (Å²) in [7, 11) is 4.75. The molecule has 0 fully saturated rings. The normalized spacial score (nSPS) is 10.5. The molecule has 0 spiro atoms. The molecule has 0 atom stereocenters. The molecule has 0 aliphatic heterocycles. The minimum absolute atomic E-state index is 0.510. The maximum absolute atomic E-state index is 11.4. The van der Waals surface area contributed by atoms with Crippen molar-refractivity contribution in [1.29, 1.82) is 0 Å². The average molecular weight is 344 g/mol. The highest BCUT2D eigenvalue weighted by Gasteiger charge is 2.17. The number of benzene rings is 2. The fourth-order valence-corrected chi connectivity index (χ4v) is 3.32. The number of methoxy groups -OCH3 is 3. The first-order valence-corrected chi connectivity index (χ1v) is 7.97. The third-order valence-electron chi connectivity index (χ3n) is 3.56. The summed E-state index contributed by atoms with van der Waals surface area (Å²) in [6, 6.07) is 10.8. The average Bonchev–Trinajstić information content (AvgIpc) is 2.97. The summed E-state index contributed by atoms with van der Waals surface area (Å²) in [6.45, 7) is 0. The van der Waals surface area contributed by atoms with Gasteiger partial charge >= 0.3 is 0 Å². The molecule has 0 unspecified atom stereocenters. The summed E-state index contributed by atoms with van der Waals surface area (Å²) >= 11 is 1.35. The third-order valence-corrected chi connectivity index (χ3v) is 4.62. The minimum Gasteiger partial charge on any atom is -0.497 e. The second-order valence-electron chi connectivity index (χ2n) is 4.89. The van der Waals surface area contributed by atoms with E-state index in [1.165, 1.54) is 11.3 Å². The fourth-order valence-electron chi connectivity index (χ4n) is 2.36. The van der Waals surface area contributed by atoms with Crippen LogP contribution in [0.1, 0.15) is 9.67 Å². The third kappa shape index (κ3) is 2.88. The number of aldehydes is 1. The van der Waals surface area contributed by atoms with Crippen LogP contribution in [0.2, 0.25) is 0 Å². The number of thiophene rings is 1. The quantitative estimate of drug-likeness (QED) is 0.615. The molecule has 0 N–H and O–H groups in total. The van der Waals surface area contributed by atoms with E-state index in [0.717, 1.165) is 22.1 Å². The molecule has 6 heteroatoms. The van der Waals surface area contributed by atoms with Gasteiger partial charge in [-0.2, -0.15) is 0 Å². The molecule has 5 nitrogen and oxygen atoms in total. The molecule has 0 aliphatic carbocycles. The monoisotopic (exact) mass is 344 g/mol. The summed E-state index contributed by atoms with van der Waals surface area (Å²) in [6.07, 6.45) is 0.794. The van der Waals surface area contributed by atoms with Gasteiger partial charge in [0.25, 0.3) is 0 Å². The van der Waals surface area contributed by atoms with Crippen molar-refractivity contribution in [2.45, 2.75) is 0 Å². The Kier molecular flexibility index (Phi) is 4.57. The molecule has 3 rings (SSSR count). The van der Waals surface area contributed by atoms with Crippen LogP contribution in [0.3, 0.4) is 0 Å². The van der Waals surface area contributed by atoms with Crippen molar-refractivity contribution >= 4 is 27.7 Å². The van der Waals surface area contributed by atoms with Crippen molar-refractivity contribution in [2.75, 3.05) is 21.3 Å². The molecule has 0 amide bonds. The van der Waals surface area contributed by atoms with Crippen LogP contribution >= 0.6 is 11.3 Å². The van der Waals surface area contributed by atoms with Gasteiger partial charge in [0.15, 0.2) is 23.5 Å². The highest BCUT2D eigenvalue weighted by atomic mass is 32.1. The zero-order valence-electron chi connectivity index (χ0n) is 13.5. The van der Waals surface area contributed by atoms with Gasteiger partial charge in [-0.1, -0.05) is 0 Å². The zero-order chi connectivity index (χ0) is 17.1. The van der Waals surface area contributed by atoms with Crippen molar-refractivity contribution in [2.24, 2.45) is 0 Å². The second-order valence-corrected chi connectivity index (χ2v) is 5.98. The molecule has 0 aliphatic rings. The highest BCUT2D eigenvalue weighted by Crippen LogP contribution is 2.44. The van der Waals surface area contributed by atoms with Crippen LogP contribution in [0, 0.1) is 0 Å². The Morgan fingerprint density at radius 2 is 1.50 bits per heavy atom. The number of rotatable bonds is 6. The van der Waals surface area contributed by atoms with Gasteiger partial charge in [-0.25, -0.2) is 0 Å². The summed E-state index contributed by atoms with van der Waals surface area (Å²) in [4.78, 5) is 12.0. The van der Waals surface area contributed by atoms with Crippen LogP contribution in [-0.4, -0.2) is 27.6 Å². The van der Waals surface area contributed by atoms with Crippen molar-refractivity contribution in [3.05, 3.63) is 41.3 Å². The van der Waals surface area contributed by atoms with E-state index in [-0.39, 0.29) is 0 Å². The molecule has 0 saturated carbocycles. The van der Waals surface area contributed by atoms with Gasteiger partial charge in [-0.15, -0.1) is 11.3 Å². The Morgan fingerprint density at radius 1 is 0.875 bits per heavy atom. The summed E-state index contributed by atoms with van der Waals surface area (Å²) in [5, 5.41) is 0.801. The fraction of sp³-hybridized carbons (Fsp3) is 0.167. The van der Waals surface area contributed by atoms with Gasteiger partial charge in [0.2, 0.25) is 0 Å². The molecular formula is C18H16O5S. The van der Waals surface area contributed by atoms with Crippen molar-refractivity contribution in [3.63, 3.8) is 0 Å². The molecule has 0 radical (unpaired) electrons. The first-order valence-electron chi connectivity index (χ1n) is 7.15. The number of ether oxygens (including phenoxy) is 4. The number of fused-ring (bicyclic) bond motifs is 1. The number of carbonyl (C=O) groups excluding carboxylic acids is 1. The van der Waals surface area contributed by atoms with Gasteiger partial charge in [0.05, 0.1) is 21.3 Å². The molecule has 0 saturated heterocycles. The van der Waals surface area contributed by atoms with Gasteiger partial charge in [-0.05, 0) is 30.3 Å². The summed E-state index contributed by atoms with van der Waals surface area (Å²) in [5.41, 5.74) is 0. The van der Waals surface area contributed by atoms with Gasteiger partial charge in [-0.3, -0.25) is 4.79 Å². The van der Waals surface area contributed by atoms with Crippen LogP contribution in [0.4, 0.5) is 0 Å². The molecule has 124 valence electrons. The van der Waals surface area contributed by atoms with Gasteiger partial charge in [0, 0.05) is 16.2 Å². The predicted molar refractivity (Wildman–Crippen MR) is 93.4 cm³/mol. The van der Waals surface area contributed by atoms with Crippen LogP contribution in [0.15, 0.2) is 36.4 Å². The van der Waals surface area contributed by atoms with Crippen LogP contribution in [-0.2, 0) is 0 Å². The SMILES string of the molecule is COc1ccc(Oc2c(C=O)sc3cc(OC)c(OC)cc23)cc1. The van der Waals surface area contributed by atoms with Crippen LogP contribution in [0.25, 0.3) is 10.1 Å². The van der Waals surface area contributed by atoms with E-state index >= 15 is 0 Å². The molecule has 1 aromatic heterocycles. The molecule has 2 aromatic carbocycles. The van der Waals surface area contributed by atoms with Gasteiger partial charge < -0.3 is 18.9 Å². The molecule has 0 bridgehead atoms. The standard InChI is InChI=1S/C18H16O5S/c1-20-11-4-6-12(7-5-11)23-18-13-8-14(21-2)15(22-3)9-16(13)24-17(18)10-19/h4-10H,1-3H3. The molecular weight excluding hydrogens is 328 g/mol. The smallest absolute Gasteiger partial charge is 0.163 e. The van der Waals surface area contributed by atoms with E-state index < -0.39 is 0 Å². The van der Waals surface area contributed by atoms with E-state index in [1.807, 2.05) is 12.1 Å². The minimum atomic E-state index is 0.510. The topological polar surface area (TPSA) is 54.0 Å². The predicted octanol–water partition coefficient (Wildman–Crippen LogP) is 4.53. The first-order chi connectivity index (χ1) is 11.7. The Labute approximate surface area is 143 Å². The van der Waals surface area contributed by atoms with Crippen molar-refractivity contribution in [3.8, 4) is 28.7 Å². The maximum atomic E-state index is 11.4. The van der Waals surface area contributed by atoms with E-state index in [9.17, 15) is 4.79 Å². The van der Waals surface area contributed by atoms with E-state index in [1.54, 1.807) is 45.6 Å². The van der Waals surface area contributed by atoms with Crippen molar-refractivity contribution in [1.82, 2.24) is 0 Å². The Bertz CT molecular complexity index is 867. The van der Waals surface area contributed by atoms with Crippen LogP contribution < -0.4 is 18.9 Å². The maximum Gasteiger partial charge on any atom is 0.163 e. The molecule has 24 heavy (non-hydrogen) atoms. The van der Waals surface area contributed by atoms with E-state index in [4.69, 9.17) is 18.9 Å². The first kappa shape index (κ1) is 16.1. The summed E-state index contributed by atoms with van der Waals surface area (Å²) in [5.74, 6) is 3.06. The number of hydrogen-bond donors (Lipinski definition) is 0. The second kappa shape index (κ2) is 6.80. The van der Waals surface area contributed by atoms with Crippen molar-refractivity contribution < 1.29 is 23.7 Å². The van der Waals surface area contributed by atoms with Gasteiger partial charge in [0.1, 0.15) is 16.4 Å². The Morgan fingerprint density at radius 3 is 2.08 bits per heavy atom. The lowest BCUT2D eigenvalue weighted by atomic mass is 10.2. The summed E-state index contributed by atoms with van der Waals surface area (Å²) < 4.78 is 22.6. The molecule has 3 aromatic rings. The lowest BCUT2D eigenvalue weighted by Gasteiger charge is -2.09. The number of carbonyl (C=O) groups is 1. The molecule has 1 heterocycles. The Balaban J connectivity index is 2.08. The largest absolute Gasteiger partial charge is 0.497 e. The lowest BCUT2D eigenvalue weighted by Crippen LogP contribution is -1.91. The highest BCUT2D eigenvalue weighted by molar-refractivity contribution is 7.21. The Hall–Kier alpha value is -2.73. The van der Waals surface area contributed by atoms with E-state index in [0.29, 0.717) is 27.9 Å².